The molecule has 0 fully saturated rings. The number of rotatable bonds is 15. The minimum absolute atomic E-state index is 0.0638. The Labute approximate surface area is 252 Å². The second-order valence-electron chi connectivity index (χ2n) is 11.6. The molecule has 0 bridgehead atoms. The second-order valence-corrected chi connectivity index (χ2v) is 11.6. The zero-order chi connectivity index (χ0) is 29.9. The lowest BCUT2D eigenvalue weighted by atomic mass is 10.0. The van der Waals surface area contributed by atoms with Crippen molar-refractivity contribution in [2.45, 2.75) is 98.8 Å². The maximum atomic E-state index is 11.3. The molecule has 1 N–H and O–H groups in total. The summed E-state index contributed by atoms with van der Waals surface area (Å²) >= 11 is 0. The first kappa shape index (κ1) is 31.2. The number of benzene rings is 3. The van der Waals surface area contributed by atoms with Crippen LogP contribution in [0.2, 0.25) is 0 Å². The number of para-hydroxylation sites is 1. The number of hydrogen-bond donors (Lipinski definition) is 1. The Kier molecular flexibility index (Phi) is 11.5. The summed E-state index contributed by atoms with van der Waals surface area (Å²) in [5.74, 6) is 2.13. The topological polar surface area (TPSA) is 68.1 Å². The third-order valence-corrected chi connectivity index (χ3v) is 7.88. The van der Waals surface area contributed by atoms with Crippen molar-refractivity contribution in [3.05, 3.63) is 76.9 Å². The van der Waals surface area contributed by atoms with Gasteiger partial charge in [-0.05, 0) is 57.4 Å². The van der Waals surface area contributed by atoms with Gasteiger partial charge >= 0.3 is 0 Å². The summed E-state index contributed by atoms with van der Waals surface area (Å²) in [5.41, 5.74) is 6.99. The predicted molar refractivity (Wildman–Crippen MR) is 174 cm³/mol. The fraction of sp³-hybridized carbons (Fsp3) is 0.432. The average Bonchev–Trinajstić information content (AvgIpc) is 2.96. The van der Waals surface area contributed by atoms with E-state index in [2.05, 4.69) is 71.0 Å². The third kappa shape index (κ3) is 8.40. The second kappa shape index (κ2) is 15.5. The number of phenols is 1. The van der Waals surface area contributed by atoms with Gasteiger partial charge in [0, 0.05) is 11.1 Å². The van der Waals surface area contributed by atoms with Gasteiger partial charge in [-0.1, -0.05) is 118 Å². The van der Waals surface area contributed by atoms with Crippen molar-refractivity contribution in [2.75, 3.05) is 6.61 Å². The Morgan fingerprint density at radius 1 is 0.571 bits per heavy atom. The molecule has 1 aromatic heterocycles. The molecule has 4 aromatic rings. The molecule has 0 saturated carbocycles. The molecule has 0 amide bonds. The van der Waals surface area contributed by atoms with Crippen molar-refractivity contribution in [3.8, 4) is 45.7 Å². The smallest absolute Gasteiger partial charge is 0.168 e. The van der Waals surface area contributed by atoms with Gasteiger partial charge in [0.05, 0.1) is 12.2 Å². The fourth-order valence-electron chi connectivity index (χ4n) is 5.46. The van der Waals surface area contributed by atoms with Gasteiger partial charge in [-0.3, -0.25) is 0 Å². The van der Waals surface area contributed by atoms with E-state index < -0.39 is 0 Å². The number of aromatic nitrogens is 3. The molecule has 0 aliphatic carbocycles. The minimum Gasteiger partial charge on any atom is -0.504 e. The highest BCUT2D eigenvalue weighted by Crippen LogP contribution is 2.37. The zero-order valence-electron chi connectivity index (χ0n) is 26.2. The van der Waals surface area contributed by atoms with E-state index in [1.807, 2.05) is 18.2 Å². The largest absolute Gasteiger partial charge is 0.504 e. The molecular formula is C37H47N3O2. The molecule has 42 heavy (non-hydrogen) atoms. The van der Waals surface area contributed by atoms with Crippen LogP contribution in [0.15, 0.2) is 54.6 Å². The zero-order valence-corrected chi connectivity index (χ0v) is 26.2. The Balaban J connectivity index is 1.52. The van der Waals surface area contributed by atoms with Gasteiger partial charge in [0.25, 0.3) is 0 Å². The van der Waals surface area contributed by atoms with E-state index in [1.165, 1.54) is 62.5 Å². The van der Waals surface area contributed by atoms with Crippen LogP contribution in [-0.4, -0.2) is 26.7 Å². The molecule has 0 atom stereocenters. The molecule has 4 rings (SSSR count). The summed E-state index contributed by atoms with van der Waals surface area (Å²) in [6.45, 7) is 11.1. The van der Waals surface area contributed by atoms with E-state index in [-0.39, 0.29) is 5.75 Å². The van der Waals surface area contributed by atoms with Crippen LogP contribution in [0, 0.1) is 27.7 Å². The van der Waals surface area contributed by atoms with Crippen molar-refractivity contribution < 1.29 is 9.84 Å². The minimum atomic E-state index is 0.0638. The Morgan fingerprint density at radius 2 is 1.05 bits per heavy atom. The normalized spacial score (nSPS) is 11.2. The van der Waals surface area contributed by atoms with Crippen LogP contribution >= 0.6 is 0 Å². The highest BCUT2D eigenvalue weighted by Gasteiger charge is 2.18. The summed E-state index contributed by atoms with van der Waals surface area (Å²) in [6, 6.07) is 18.1. The Hall–Kier alpha value is -3.73. The van der Waals surface area contributed by atoms with Gasteiger partial charge in [0.2, 0.25) is 0 Å². The molecule has 0 saturated heterocycles. The quantitative estimate of drug-likeness (QED) is 0.145. The van der Waals surface area contributed by atoms with Crippen LogP contribution in [-0.2, 0) is 0 Å². The Morgan fingerprint density at radius 3 is 1.55 bits per heavy atom. The van der Waals surface area contributed by atoms with E-state index in [1.54, 1.807) is 0 Å². The van der Waals surface area contributed by atoms with Gasteiger partial charge in [-0.25, -0.2) is 15.0 Å². The first-order valence-corrected chi connectivity index (χ1v) is 15.7. The standard InChI is InChI=1S/C37H47N3O2/c1-6-7-8-9-10-11-12-13-14-15-23-42-33-18-16-17-32(34(33)41)37-39-35(30-21-19-26(2)24-28(30)4)38-36(40-37)31-22-20-27(3)25-29(31)5/h16-22,24-25,41H,6-15,23H2,1-5H3. The van der Waals surface area contributed by atoms with Gasteiger partial charge < -0.3 is 9.84 Å². The summed E-state index contributed by atoms with van der Waals surface area (Å²) in [6.07, 6.45) is 12.7. The van der Waals surface area contributed by atoms with Gasteiger partial charge in [-0.2, -0.15) is 0 Å². The molecule has 222 valence electrons. The molecule has 0 radical (unpaired) electrons. The Bertz CT molecular complexity index is 1390. The van der Waals surface area contributed by atoms with Crippen LogP contribution in [0.25, 0.3) is 34.2 Å². The highest BCUT2D eigenvalue weighted by molar-refractivity contribution is 5.73. The van der Waals surface area contributed by atoms with Gasteiger partial charge in [0.15, 0.2) is 29.0 Å². The van der Waals surface area contributed by atoms with Crippen molar-refractivity contribution in [2.24, 2.45) is 0 Å². The maximum absolute atomic E-state index is 11.3. The number of ether oxygens (including phenoxy) is 1. The molecule has 5 nitrogen and oxygen atoms in total. The average molecular weight is 566 g/mol. The van der Waals surface area contributed by atoms with E-state index in [4.69, 9.17) is 19.7 Å². The number of phenolic OH excluding ortho intramolecular Hbond substituents is 1. The first-order valence-electron chi connectivity index (χ1n) is 15.7. The van der Waals surface area contributed by atoms with Crippen LogP contribution in [0.3, 0.4) is 0 Å². The summed E-state index contributed by atoms with van der Waals surface area (Å²) in [5, 5.41) is 11.3. The first-order chi connectivity index (χ1) is 20.4. The monoisotopic (exact) mass is 565 g/mol. The number of unbranched alkanes of at least 4 members (excludes halogenated alkanes) is 9. The van der Waals surface area contributed by atoms with Crippen molar-refractivity contribution in [1.82, 2.24) is 15.0 Å². The van der Waals surface area contributed by atoms with Gasteiger partial charge in [0.1, 0.15) is 0 Å². The van der Waals surface area contributed by atoms with Crippen LogP contribution < -0.4 is 4.74 Å². The predicted octanol–water partition coefficient (Wildman–Crippen LogP) is 10.1. The lowest BCUT2D eigenvalue weighted by Crippen LogP contribution is -2.03. The maximum Gasteiger partial charge on any atom is 0.168 e. The van der Waals surface area contributed by atoms with Crippen LogP contribution in [0.4, 0.5) is 0 Å². The van der Waals surface area contributed by atoms with E-state index in [0.717, 1.165) is 35.1 Å². The van der Waals surface area contributed by atoms with Crippen LogP contribution in [0.5, 0.6) is 11.5 Å². The summed E-state index contributed by atoms with van der Waals surface area (Å²) < 4.78 is 6.04. The van der Waals surface area contributed by atoms with Crippen LogP contribution in [0.1, 0.15) is 93.4 Å². The summed E-state index contributed by atoms with van der Waals surface area (Å²) in [4.78, 5) is 14.6. The fourth-order valence-corrected chi connectivity index (χ4v) is 5.46. The van der Waals surface area contributed by atoms with E-state index >= 15 is 0 Å². The molecule has 0 unspecified atom stereocenters. The van der Waals surface area contributed by atoms with Crippen molar-refractivity contribution >= 4 is 0 Å². The number of aryl methyl sites for hydroxylation is 4. The molecule has 3 aromatic carbocycles. The van der Waals surface area contributed by atoms with Gasteiger partial charge in [-0.15, -0.1) is 0 Å². The lowest BCUT2D eigenvalue weighted by Gasteiger charge is -2.14. The van der Waals surface area contributed by atoms with Crippen molar-refractivity contribution in [3.63, 3.8) is 0 Å². The van der Waals surface area contributed by atoms with E-state index in [0.29, 0.717) is 35.4 Å². The number of aromatic hydroxyl groups is 1. The molecule has 5 heteroatoms. The molecule has 1 heterocycles. The molecule has 0 spiro atoms. The highest BCUT2D eigenvalue weighted by atomic mass is 16.5. The summed E-state index contributed by atoms with van der Waals surface area (Å²) in [7, 11) is 0. The van der Waals surface area contributed by atoms with E-state index in [9.17, 15) is 5.11 Å². The third-order valence-electron chi connectivity index (χ3n) is 7.88. The SMILES string of the molecule is CCCCCCCCCCCCOc1cccc(-c2nc(-c3ccc(C)cc3C)nc(-c3ccc(C)cc3C)n2)c1O. The number of hydrogen-bond acceptors (Lipinski definition) is 5. The number of nitrogens with zero attached hydrogens (tertiary/aromatic N) is 3. The molecule has 0 aliphatic rings. The van der Waals surface area contributed by atoms with Crippen molar-refractivity contribution in [1.29, 1.82) is 0 Å². The molecule has 0 aliphatic heterocycles. The lowest BCUT2D eigenvalue weighted by molar-refractivity contribution is 0.289. The molecular weight excluding hydrogens is 518 g/mol.